The number of hydrogen-bond acceptors (Lipinski definition) is 6. The summed E-state index contributed by atoms with van der Waals surface area (Å²) in [6.45, 7) is 9.03. The Morgan fingerprint density at radius 3 is 2.64 bits per heavy atom. The maximum atomic E-state index is 11.9. The fourth-order valence-corrected chi connectivity index (χ4v) is 2.80. The number of nitrogens with zero attached hydrogens (tertiary/aromatic N) is 4. The van der Waals surface area contributed by atoms with Gasteiger partial charge >= 0.3 is 6.09 Å². The van der Waals surface area contributed by atoms with E-state index >= 15 is 0 Å². The summed E-state index contributed by atoms with van der Waals surface area (Å²) in [6.07, 6.45) is 2.86. The predicted octanol–water partition coefficient (Wildman–Crippen LogP) is 2.08. The maximum absolute atomic E-state index is 11.9. The van der Waals surface area contributed by atoms with Gasteiger partial charge in [0, 0.05) is 38.5 Å². The van der Waals surface area contributed by atoms with Crippen molar-refractivity contribution in [2.24, 2.45) is 5.92 Å². The van der Waals surface area contributed by atoms with Crippen molar-refractivity contribution in [3.8, 4) is 0 Å². The molecule has 0 aliphatic carbocycles. The van der Waals surface area contributed by atoms with Crippen molar-refractivity contribution in [3.63, 3.8) is 0 Å². The zero-order valence-corrected chi connectivity index (χ0v) is 13.5. The molecule has 3 heterocycles. The molecule has 1 amide bonds. The fraction of sp³-hybridized carbons (Fsp3) is 0.800. The largest absolute Gasteiger partial charge is 0.444 e. The molecule has 0 atom stereocenters. The summed E-state index contributed by atoms with van der Waals surface area (Å²) in [6, 6.07) is 0. The van der Waals surface area contributed by atoms with Gasteiger partial charge in [0.25, 0.3) is 5.95 Å². The molecule has 0 aromatic carbocycles. The molecule has 2 fully saturated rings. The van der Waals surface area contributed by atoms with Gasteiger partial charge in [-0.2, -0.15) is 4.98 Å². The van der Waals surface area contributed by atoms with E-state index in [9.17, 15) is 4.79 Å². The number of aromatic nitrogens is 2. The molecule has 0 saturated carbocycles. The van der Waals surface area contributed by atoms with Gasteiger partial charge in [-0.25, -0.2) is 4.79 Å². The Labute approximate surface area is 130 Å². The molecule has 122 valence electrons. The highest BCUT2D eigenvalue weighted by atomic mass is 16.6. The Hall–Kier alpha value is -1.79. The van der Waals surface area contributed by atoms with Gasteiger partial charge in [-0.05, 0) is 38.8 Å². The van der Waals surface area contributed by atoms with Gasteiger partial charge in [0.05, 0.1) is 0 Å². The average molecular weight is 308 g/mol. The second-order valence-electron chi connectivity index (χ2n) is 7.14. The number of anilines is 1. The molecule has 2 aliphatic heterocycles. The van der Waals surface area contributed by atoms with E-state index in [1.165, 1.54) is 12.8 Å². The van der Waals surface area contributed by atoms with Crippen LogP contribution < -0.4 is 4.90 Å². The summed E-state index contributed by atoms with van der Waals surface area (Å²) in [7, 11) is 0. The Bertz CT molecular complexity index is 525. The molecule has 3 rings (SSSR count). The number of carbonyl (C=O) groups is 1. The minimum Gasteiger partial charge on any atom is -0.444 e. The zero-order chi connectivity index (χ0) is 15.7. The highest BCUT2D eigenvalue weighted by Gasteiger charge is 2.34. The van der Waals surface area contributed by atoms with Gasteiger partial charge in [-0.15, -0.1) is 0 Å². The average Bonchev–Trinajstić information content (AvgIpc) is 3.01. The molecule has 1 aromatic heterocycles. The van der Waals surface area contributed by atoms with Crippen molar-refractivity contribution in [1.82, 2.24) is 15.0 Å². The molecule has 1 aromatic rings. The van der Waals surface area contributed by atoms with E-state index in [1.807, 2.05) is 20.8 Å². The molecular weight excluding hydrogens is 284 g/mol. The summed E-state index contributed by atoms with van der Waals surface area (Å²) in [5.74, 6) is 1.74. The van der Waals surface area contributed by atoms with Crippen molar-refractivity contribution in [1.29, 1.82) is 0 Å². The second-order valence-corrected chi connectivity index (χ2v) is 7.14. The molecule has 0 unspecified atom stereocenters. The molecule has 0 bridgehead atoms. The van der Waals surface area contributed by atoms with E-state index in [4.69, 9.17) is 9.26 Å². The van der Waals surface area contributed by atoms with E-state index in [2.05, 4.69) is 15.0 Å². The van der Waals surface area contributed by atoms with Crippen LogP contribution in [0.1, 0.15) is 39.5 Å². The first-order chi connectivity index (χ1) is 10.4. The van der Waals surface area contributed by atoms with Crippen LogP contribution in [0.15, 0.2) is 4.52 Å². The molecule has 7 heteroatoms. The van der Waals surface area contributed by atoms with Crippen LogP contribution in [0.25, 0.3) is 0 Å². The van der Waals surface area contributed by atoms with Crippen molar-refractivity contribution >= 4 is 12.0 Å². The van der Waals surface area contributed by atoms with E-state index in [-0.39, 0.29) is 6.09 Å². The summed E-state index contributed by atoms with van der Waals surface area (Å²) in [4.78, 5) is 20.2. The Morgan fingerprint density at radius 1 is 1.32 bits per heavy atom. The van der Waals surface area contributed by atoms with Crippen LogP contribution in [0.3, 0.4) is 0 Å². The molecule has 0 N–H and O–H groups in total. The van der Waals surface area contributed by atoms with Crippen LogP contribution in [0.2, 0.25) is 0 Å². The normalized spacial score (nSPS) is 19.4. The molecule has 0 spiro atoms. The first kappa shape index (κ1) is 15.1. The quantitative estimate of drug-likeness (QED) is 0.851. The molecule has 22 heavy (non-hydrogen) atoms. The van der Waals surface area contributed by atoms with Gasteiger partial charge < -0.3 is 19.1 Å². The lowest BCUT2D eigenvalue weighted by Crippen LogP contribution is -2.52. The van der Waals surface area contributed by atoms with Gasteiger partial charge in [-0.3, -0.25) is 0 Å². The van der Waals surface area contributed by atoms with Crippen LogP contribution in [0.4, 0.5) is 10.7 Å². The number of likely N-dealkylation sites (tertiary alicyclic amines) is 1. The standard InChI is InChI=1S/C15H24N4O3/c1-15(2,3)21-14(20)19-9-11(10-19)8-12-16-13(17-22-12)18-6-4-5-7-18/h11H,4-10H2,1-3H3. The second kappa shape index (κ2) is 5.78. The van der Waals surface area contributed by atoms with Crippen molar-refractivity contribution in [2.45, 2.75) is 45.6 Å². The van der Waals surface area contributed by atoms with Crippen LogP contribution in [0, 0.1) is 5.92 Å². The summed E-state index contributed by atoms with van der Waals surface area (Å²) >= 11 is 0. The number of rotatable bonds is 3. The lowest BCUT2D eigenvalue weighted by Gasteiger charge is -2.39. The minimum atomic E-state index is -0.445. The molecule has 2 aliphatic rings. The smallest absolute Gasteiger partial charge is 0.410 e. The van der Waals surface area contributed by atoms with Gasteiger partial charge in [0.2, 0.25) is 5.89 Å². The molecular formula is C15H24N4O3. The van der Waals surface area contributed by atoms with Gasteiger partial charge in [0.1, 0.15) is 5.60 Å². The van der Waals surface area contributed by atoms with E-state index in [1.54, 1.807) is 4.90 Å². The van der Waals surface area contributed by atoms with E-state index < -0.39 is 5.60 Å². The Balaban J connectivity index is 1.45. The maximum Gasteiger partial charge on any atom is 0.410 e. The number of hydrogen-bond donors (Lipinski definition) is 0. The van der Waals surface area contributed by atoms with Crippen LogP contribution >= 0.6 is 0 Å². The first-order valence-electron chi connectivity index (χ1n) is 7.96. The third kappa shape index (κ3) is 3.51. The monoisotopic (exact) mass is 308 g/mol. The number of amides is 1. The summed E-state index contributed by atoms with van der Waals surface area (Å²) in [5, 5.41) is 4.05. The SMILES string of the molecule is CC(C)(C)OC(=O)N1CC(Cc2nc(N3CCCC3)no2)C1. The third-order valence-corrected chi connectivity index (χ3v) is 3.92. The fourth-order valence-electron chi connectivity index (χ4n) is 2.80. The van der Waals surface area contributed by atoms with Crippen LogP contribution in [-0.4, -0.2) is 52.9 Å². The molecule has 2 saturated heterocycles. The van der Waals surface area contributed by atoms with Crippen molar-refractivity contribution in [2.75, 3.05) is 31.1 Å². The Kier molecular flexibility index (Phi) is 3.97. The topological polar surface area (TPSA) is 71.7 Å². The zero-order valence-electron chi connectivity index (χ0n) is 13.5. The Morgan fingerprint density at radius 2 is 2.00 bits per heavy atom. The lowest BCUT2D eigenvalue weighted by atomic mass is 9.97. The molecule has 0 radical (unpaired) electrons. The summed E-state index contributed by atoms with van der Waals surface area (Å²) in [5.41, 5.74) is -0.445. The summed E-state index contributed by atoms with van der Waals surface area (Å²) < 4.78 is 10.7. The van der Waals surface area contributed by atoms with Gasteiger partial charge in [0.15, 0.2) is 0 Å². The van der Waals surface area contributed by atoms with Crippen LogP contribution in [0.5, 0.6) is 0 Å². The lowest BCUT2D eigenvalue weighted by molar-refractivity contribution is -0.00186. The highest BCUT2D eigenvalue weighted by Crippen LogP contribution is 2.24. The highest BCUT2D eigenvalue weighted by molar-refractivity contribution is 5.69. The number of carbonyl (C=O) groups excluding carboxylic acids is 1. The van der Waals surface area contributed by atoms with Crippen molar-refractivity contribution < 1.29 is 14.1 Å². The van der Waals surface area contributed by atoms with Gasteiger partial charge in [-0.1, -0.05) is 0 Å². The first-order valence-corrected chi connectivity index (χ1v) is 7.96. The van der Waals surface area contributed by atoms with E-state index in [0.29, 0.717) is 30.8 Å². The minimum absolute atomic E-state index is 0.243. The van der Waals surface area contributed by atoms with Crippen LogP contribution in [-0.2, 0) is 11.2 Å². The third-order valence-electron chi connectivity index (χ3n) is 3.92. The molecule has 7 nitrogen and oxygen atoms in total. The predicted molar refractivity (Wildman–Crippen MR) is 80.7 cm³/mol. The number of ether oxygens (including phenoxy) is 1. The van der Waals surface area contributed by atoms with E-state index in [0.717, 1.165) is 19.5 Å². The van der Waals surface area contributed by atoms with Crippen molar-refractivity contribution in [3.05, 3.63) is 5.89 Å².